The predicted molar refractivity (Wildman–Crippen MR) is 102 cm³/mol. The number of ether oxygens (including phenoxy) is 1. The minimum atomic E-state index is -0.486. The highest BCUT2D eigenvalue weighted by Crippen LogP contribution is 2.19. The molecule has 1 amide bonds. The number of halogens is 1. The minimum Gasteiger partial charge on any atom is -0.469 e. The average Bonchev–Trinajstić information content (AvgIpc) is 3.19. The first-order chi connectivity index (χ1) is 12.7. The van der Waals surface area contributed by atoms with Gasteiger partial charge in [0.25, 0.3) is 5.91 Å². The third kappa shape index (κ3) is 5.51. The Hall–Kier alpha value is -2.45. The van der Waals surface area contributed by atoms with Gasteiger partial charge in [-0.3, -0.25) is 9.59 Å². The zero-order valence-corrected chi connectivity index (χ0v) is 15.9. The van der Waals surface area contributed by atoms with E-state index < -0.39 is 12.0 Å². The fourth-order valence-electron chi connectivity index (χ4n) is 3.05. The molecule has 0 radical (unpaired) electrons. The van der Waals surface area contributed by atoms with Crippen LogP contribution in [0.4, 0.5) is 0 Å². The summed E-state index contributed by atoms with van der Waals surface area (Å²) in [7, 11) is 1.33. The Morgan fingerprint density at radius 3 is 2.67 bits per heavy atom. The lowest BCUT2D eigenvalue weighted by Gasteiger charge is -2.22. The van der Waals surface area contributed by atoms with Crippen molar-refractivity contribution in [3.63, 3.8) is 0 Å². The first-order valence-corrected chi connectivity index (χ1v) is 8.72. The lowest BCUT2D eigenvalue weighted by molar-refractivity contribution is -0.141. The van der Waals surface area contributed by atoms with Crippen molar-refractivity contribution >= 4 is 24.3 Å². The largest absolute Gasteiger partial charge is 0.469 e. The molecule has 3 rings (SSSR count). The molecule has 8 nitrogen and oxygen atoms in total. The molecule has 2 heterocycles. The lowest BCUT2D eigenvalue weighted by Crippen LogP contribution is -2.31. The summed E-state index contributed by atoms with van der Waals surface area (Å²) in [4.78, 5) is 24.3. The number of nitrogens with zero attached hydrogens (tertiary/aromatic N) is 3. The summed E-state index contributed by atoms with van der Waals surface area (Å²) in [6.45, 7) is 1.86. The van der Waals surface area contributed by atoms with Crippen LogP contribution in [-0.2, 0) is 9.53 Å². The number of carbonyl (C=O) groups excluding carboxylic acids is 2. The third-order valence-electron chi connectivity index (χ3n) is 4.53. The Labute approximate surface area is 164 Å². The lowest BCUT2D eigenvalue weighted by atomic mass is 10.0. The van der Waals surface area contributed by atoms with Gasteiger partial charge in [0.15, 0.2) is 5.69 Å². The van der Waals surface area contributed by atoms with Gasteiger partial charge in [0, 0.05) is 0 Å². The topological polar surface area (TPSA) is 98.1 Å². The summed E-state index contributed by atoms with van der Waals surface area (Å²) < 4.78 is 6.50. The summed E-state index contributed by atoms with van der Waals surface area (Å²) in [6.07, 6.45) is 3.64. The van der Waals surface area contributed by atoms with E-state index in [1.54, 1.807) is 10.9 Å². The molecule has 1 fully saturated rings. The van der Waals surface area contributed by atoms with E-state index in [0.29, 0.717) is 0 Å². The SMILES string of the molecule is COC(=O)CC(NC(=O)c1cn(C2CCNCC2)nn1)c1ccccc1.Cl. The number of nitrogens with one attached hydrogen (secondary N) is 2. The van der Waals surface area contributed by atoms with Gasteiger partial charge in [-0.2, -0.15) is 0 Å². The molecular formula is C18H24ClN5O3. The van der Waals surface area contributed by atoms with Crippen LogP contribution in [-0.4, -0.2) is 47.1 Å². The second kappa shape index (κ2) is 10.0. The van der Waals surface area contributed by atoms with E-state index in [-0.39, 0.29) is 36.5 Å². The highest BCUT2D eigenvalue weighted by molar-refractivity contribution is 5.92. The Kier molecular flexibility index (Phi) is 7.75. The van der Waals surface area contributed by atoms with Crippen LogP contribution in [0.1, 0.15) is 47.4 Å². The molecular weight excluding hydrogens is 370 g/mol. The fourth-order valence-corrected chi connectivity index (χ4v) is 3.05. The zero-order chi connectivity index (χ0) is 18.4. The molecule has 1 atom stereocenters. The fraction of sp³-hybridized carbons (Fsp3) is 0.444. The predicted octanol–water partition coefficient (Wildman–Crippen LogP) is 1.66. The van der Waals surface area contributed by atoms with E-state index in [9.17, 15) is 9.59 Å². The normalized spacial score (nSPS) is 15.4. The first kappa shape index (κ1) is 20.9. The number of piperidine rings is 1. The van der Waals surface area contributed by atoms with E-state index >= 15 is 0 Å². The standard InChI is InChI=1S/C18H23N5O3.ClH/c1-26-17(24)11-15(13-5-3-2-4-6-13)20-18(25)16-12-23(22-21-16)14-7-9-19-10-8-14;/h2-6,12,14-15,19H,7-11H2,1H3,(H,20,25);1H. The summed E-state index contributed by atoms with van der Waals surface area (Å²) in [5, 5.41) is 14.3. The highest BCUT2D eigenvalue weighted by Gasteiger charge is 2.23. The van der Waals surface area contributed by atoms with Crippen molar-refractivity contribution in [2.45, 2.75) is 31.3 Å². The maximum Gasteiger partial charge on any atom is 0.307 e. The van der Waals surface area contributed by atoms with Gasteiger partial charge in [0.1, 0.15) is 0 Å². The van der Waals surface area contributed by atoms with Gasteiger partial charge in [-0.25, -0.2) is 4.68 Å². The molecule has 9 heteroatoms. The monoisotopic (exact) mass is 393 g/mol. The summed E-state index contributed by atoms with van der Waals surface area (Å²) in [5.74, 6) is -0.750. The Bertz CT molecular complexity index is 746. The van der Waals surface area contributed by atoms with Crippen molar-refractivity contribution in [3.05, 3.63) is 47.8 Å². The number of aromatic nitrogens is 3. The quantitative estimate of drug-likeness (QED) is 0.724. The number of hydrogen-bond acceptors (Lipinski definition) is 6. The number of amides is 1. The van der Waals surface area contributed by atoms with Crippen LogP contribution in [0.15, 0.2) is 36.5 Å². The molecule has 1 saturated heterocycles. The molecule has 146 valence electrons. The van der Waals surface area contributed by atoms with Crippen LogP contribution in [0.3, 0.4) is 0 Å². The van der Waals surface area contributed by atoms with Gasteiger partial charge in [-0.15, -0.1) is 17.5 Å². The van der Waals surface area contributed by atoms with E-state index in [1.807, 2.05) is 30.3 Å². The van der Waals surface area contributed by atoms with Crippen LogP contribution in [0.5, 0.6) is 0 Å². The van der Waals surface area contributed by atoms with Gasteiger partial charge in [-0.1, -0.05) is 35.5 Å². The molecule has 1 aromatic heterocycles. The zero-order valence-electron chi connectivity index (χ0n) is 15.1. The molecule has 2 aromatic rings. The van der Waals surface area contributed by atoms with Crippen molar-refractivity contribution in [1.82, 2.24) is 25.6 Å². The van der Waals surface area contributed by atoms with Crippen molar-refractivity contribution in [1.29, 1.82) is 0 Å². The van der Waals surface area contributed by atoms with E-state index in [2.05, 4.69) is 20.9 Å². The van der Waals surface area contributed by atoms with E-state index in [0.717, 1.165) is 31.5 Å². The van der Waals surface area contributed by atoms with Gasteiger partial charge in [-0.05, 0) is 31.5 Å². The molecule has 1 aliphatic heterocycles. The molecule has 1 unspecified atom stereocenters. The Morgan fingerprint density at radius 1 is 1.30 bits per heavy atom. The van der Waals surface area contributed by atoms with Crippen molar-refractivity contribution in [2.24, 2.45) is 0 Å². The number of methoxy groups -OCH3 is 1. The van der Waals surface area contributed by atoms with Gasteiger partial charge < -0.3 is 15.4 Å². The highest BCUT2D eigenvalue weighted by atomic mass is 35.5. The summed E-state index contributed by atoms with van der Waals surface area (Å²) >= 11 is 0. The molecule has 0 aliphatic carbocycles. The number of hydrogen-bond donors (Lipinski definition) is 2. The van der Waals surface area contributed by atoms with Crippen molar-refractivity contribution in [3.8, 4) is 0 Å². The van der Waals surface area contributed by atoms with Crippen molar-refractivity contribution in [2.75, 3.05) is 20.2 Å². The maximum atomic E-state index is 12.6. The molecule has 1 aliphatic rings. The van der Waals surface area contributed by atoms with Crippen LogP contribution >= 0.6 is 12.4 Å². The van der Waals surface area contributed by atoms with Crippen LogP contribution in [0, 0.1) is 0 Å². The number of carbonyl (C=O) groups is 2. The van der Waals surface area contributed by atoms with Gasteiger partial charge in [0.2, 0.25) is 0 Å². The van der Waals surface area contributed by atoms with E-state index in [4.69, 9.17) is 4.74 Å². The summed E-state index contributed by atoms with van der Waals surface area (Å²) in [5.41, 5.74) is 1.08. The smallest absolute Gasteiger partial charge is 0.307 e. The van der Waals surface area contributed by atoms with Crippen LogP contribution in [0.2, 0.25) is 0 Å². The molecule has 0 spiro atoms. The van der Waals surface area contributed by atoms with Crippen LogP contribution < -0.4 is 10.6 Å². The molecule has 1 aromatic carbocycles. The molecule has 2 N–H and O–H groups in total. The minimum absolute atomic E-state index is 0. The Morgan fingerprint density at radius 2 is 2.00 bits per heavy atom. The third-order valence-corrected chi connectivity index (χ3v) is 4.53. The van der Waals surface area contributed by atoms with Crippen molar-refractivity contribution < 1.29 is 14.3 Å². The van der Waals surface area contributed by atoms with E-state index in [1.165, 1.54) is 7.11 Å². The Balaban J connectivity index is 0.00000261. The average molecular weight is 394 g/mol. The molecule has 0 saturated carbocycles. The molecule has 0 bridgehead atoms. The second-order valence-corrected chi connectivity index (χ2v) is 6.28. The summed E-state index contributed by atoms with van der Waals surface area (Å²) in [6, 6.07) is 9.09. The number of esters is 1. The van der Waals surface area contributed by atoms with Crippen LogP contribution in [0.25, 0.3) is 0 Å². The second-order valence-electron chi connectivity index (χ2n) is 6.28. The van der Waals surface area contributed by atoms with Gasteiger partial charge >= 0.3 is 5.97 Å². The maximum absolute atomic E-state index is 12.6. The first-order valence-electron chi connectivity index (χ1n) is 8.72. The number of rotatable bonds is 6. The molecule has 27 heavy (non-hydrogen) atoms. The van der Waals surface area contributed by atoms with Gasteiger partial charge in [0.05, 0.1) is 31.8 Å². The number of benzene rings is 1.